The topological polar surface area (TPSA) is 76.1 Å². The Balaban J connectivity index is 1.40. The Kier molecular flexibility index (Phi) is 6.46. The standard InChI is InChI=1S/C23H23ClN2O3S2/c1-2-31(28,29)17-10-7-15(8-11-17)13-22(27)26-23-25-20-12-9-16(14-21(20)30-23)18-5-3-4-6-19(18)24/h3-8,10-11,16H,2,9,12-14H2,1H3,(H,25,26,27). The lowest BCUT2D eigenvalue weighted by molar-refractivity contribution is -0.115. The van der Waals surface area contributed by atoms with Gasteiger partial charge in [-0.15, -0.1) is 11.3 Å². The smallest absolute Gasteiger partial charge is 0.230 e. The monoisotopic (exact) mass is 474 g/mol. The quantitative estimate of drug-likeness (QED) is 0.542. The van der Waals surface area contributed by atoms with E-state index in [1.165, 1.54) is 21.8 Å². The van der Waals surface area contributed by atoms with E-state index in [4.69, 9.17) is 11.6 Å². The van der Waals surface area contributed by atoms with Crippen molar-refractivity contribution in [2.45, 2.75) is 43.4 Å². The molecule has 3 aromatic rings. The van der Waals surface area contributed by atoms with Gasteiger partial charge < -0.3 is 5.32 Å². The van der Waals surface area contributed by atoms with Crippen LogP contribution in [0.5, 0.6) is 0 Å². The zero-order valence-electron chi connectivity index (χ0n) is 17.1. The Labute approximate surface area is 191 Å². The number of fused-ring (bicyclic) bond motifs is 1. The van der Waals surface area contributed by atoms with Crippen LogP contribution in [0.25, 0.3) is 0 Å². The summed E-state index contributed by atoms with van der Waals surface area (Å²) in [7, 11) is -3.24. The molecule has 2 aromatic carbocycles. The molecule has 1 aromatic heterocycles. The summed E-state index contributed by atoms with van der Waals surface area (Å²) in [6.07, 6.45) is 2.89. The Morgan fingerprint density at radius 2 is 1.94 bits per heavy atom. The minimum absolute atomic E-state index is 0.0544. The molecule has 1 heterocycles. The fourth-order valence-corrected chi connectivity index (χ4v) is 6.11. The van der Waals surface area contributed by atoms with Crippen LogP contribution < -0.4 is 5.32 Å². The van der Waals surface area contributed by atoms with Crippen molar-refractivity contribution in [2.24, 2.45) is 0 Å². The summed E-state index contributed by atoms with van der Waals surface area (Å²) in [6, 6.07) is 14.4. The van der Waals surface area contributed by atoms with Gasteiger partial charge in [-0.1, -0.05) is 48.9 Å². The van der Waals surface area contributed by atoms with Gasteiger partial charge >= 0.3 is 0 Å². The number of sulfone groups is 1. The summed E-state index contributed by atoms with van der Waals surface area (Å²) in [4.78, 5) is 18.6. The molecule has 1 aliphatic rings. The largest absolute Gasteiger partial charge is 0.302 e. The van der Waals surface area contributed by atoms with Crippen molar-refractivity contribution in [3.8, 4) is 0 Å². The minimum Gasteiger partial charge on any atom is -0.302 e. The number of benzene rings is 2. The van der Waals surface area contributed by atoms with Gasteiger partial charge in [0.25, 0.3) is 0 Å². The van der Waals surface area contributed by atoms with E-state index in [0.29, 0.717) is 11.0 Å². The second-order valence-electron chi connectivity index (χ2n) is 7.62. The molecule has 0 aliphatic heterocycles. The van der Waals surface area contributed by atoms with Crippen LogP contribution in [0.15, 0.2) is 53.4 Å². The highest BCUT2D eigenvalue weighted by Crippen LogP contribution is 2.39. The number of hydrogen-bond donors (Lipinski definition) is 1. The highest BCUT2D eigenvalue weighted by Gasteiger charge is 2.25. The summed E-state index contributed by atoms with van der Waals surface area (Å²) in [6.45, 7) is 1.61. The molecular formula is C23H23ClN2O3S2. The average Bonchev–Trinajstić information content (AvgIpc) is 3.15. The first kappa shape index (κ1) is 22.0. The zero-order valence-corrected chi connectivity index (χ0v) is 19.5. The number of halogens is 1. The molecule has 4 rings (SSSR count). The fraction of sp³-hybridized carbons (Fsp3) is 0.304. The number of carbonyl (C=O) groups is 1. The van der Waals surface area contributed by atoms with Crippen molar-refractivity contribution >= 4 is 43.8 Å². The lowest BCUT2D eigenvalue weighted by Gasteiger charge is -2.22. The molecule has 0 spiro atoms. The second-order valence-corrected chi connectivity index (χ2v) is 11.4. The number of carbonyl (C=O) groups excluding carboxylic acids is 1. The van der Waals surface area contributed by atoms with Gasteiger partial charge in [0.15, 0.2) is 15.0 Å². The van der Waals surface area contributed by atoms with E-state index < -0.39 is 9.84 Å². The van der Waals surface area contributed by atoms with E-state index in [0.717, 1.165) is 35.5 Å². The van der Waals surface area contributed by atoms with Crippen molar-refractivity contribution < 1.29 is 13.2 Å². The van der Waals surface area contributed by atoms with Crippen LogP contribution in [0.4, 0.5) is 5.13 Å². The van der Waals surface area contributed by atoms with E-state index in [1.807, 2.05) is 18.2 Å². The molecule has 0 radical (unpaired) electrons. The SMILES string of the molecule is CCS(=O)(=O)c1ccc(CC(=O)Nc2nc3c(s2)CC(c2ccccc2Cl)CC3)cc1. The van der Waals surface area contributed by atoms with Gasteiger partial charge in [-0.3, -0.25) is 4.79 Å². The molecule has 0 bridgehead atoms. The maximum atomic E-state index is 12.5. The number of nitrogens with zero attached hydrogens (tertiary/aromatic N) is 1. The number of aromatic nitrogens is 1. The van der Waals surface area contributed by atoms with E-state index >= 15 is 0 Å². The molecule has 0 fully saturated rings. The number of hydrogen-bond acceptors (Lipinski definition) is 5. The molecule has 31 heavy (non-hydrogen) atoms. The second kappa shape index (κ2) is 9.10. The van der Waals surface area contributed by atoms with Crippen LogP contribution in [0, 0.1) is 0 Å². The predicted octanol–water partition coefficient (Wildman–Crippen LogP) is 5.04. The predicted molar refractivity (Wildman–Crippen MR) is 125 cm³/mol. The molecule has 1 aliphatic carbocycles. The van der Waals surface area contributed by atoms with E-state index in [2.05, 4.69) is 16.4 Å². The summed E-state index contributed by atoms with van der Waals surface area (Å²) in [5.41, 5.74) is 2.98. The summed E-state index contributed by atoms with van der Waals surface area (Å²) in [5, 5.41) is 4.30. The van der Waals surface area contributed by atoms with Gasteiger partial charge in [0, 0.05) is 9.90 Å². The molecular weight excluding hydrogens is 452 g/mol. The zero-order chi connectivity index (χ0) is 22.0. The molecule has 1 atom stereocenters. The van der Waals surface area contributed by atoms with Crippen LogP contribution >= 0.6 is 22.9 Å². The van der Waals surface area contributed by atoms with Crippen molar-refractivity contribution in [1.29, 1.82) is 0 Å². The molecule has 1 N–H and O–H groups in total. The first-order valence-electron chi connectivity index (χ1n) is 10.2. The van der Waals surface area contributed by atoms with Gasteiger partial charge in [-0.25, -0.2) is 13.4 Å². The molecule has 0 saturated heterocycles. The molecule has 1 amide bonds. The van der Waals surface area contributed by atoms with Crippen LogP contribution in [-0.2, 0) is 33.9 Å². The summed E-state index contributed by atoms with van der Waals surface area (Å²) in [5.74, 6) is 0.252. The molecule has 162 valence electrons. The van der Waals surface area contributed by atoms with Crippen molar-refractivity contribution in [3.05, 3.63) is 75.3 Å². The summed E-state index contributed by atoms with van der Waals surface area (Å²) < 4.78 is 23.8. The maximum absolute atomic E-state index is 12.5. The van der Waals surface area contributed by atoms with E-state index in [9.17, 15) is 13.2 Å². The number of amides is 1. The van der Waals surface area contributed by atoms with Crippen LogP contribution in [-0.4, -0.2) is 25.1 Å². The molecule has 0 saturated carbocycles. The Hall–Kier alpha value is -2.22. The third-order valence-electron chi connectivity index (χ3n) is 5.56. The van der Waals surface area contributed by atoms with Gasteiger partial charge in [0.1, 0.15) is 0 Å². The Morgan fingerprint density at radius 3 is 2.65 bits per heavy atom. The third kappa shape index (κ3) is 5.00. The molecule has 5 nitrogen and oxygen atoms in total. The first-order chi connectivity index (χ1) is 14.9. The highest BCUT2D eigenvalue weighted by atomic mass is 35.5. The van der Waals surface area contributed by atoms with Crippen LogP contribution in [0.3, 0.4) is 0 Å². The number of thiazole rings is 1. The first-order valence-corrected chi connectivity index (χ1v) is 13.0. The highest BCUT2D eigenvalue weighted by molar-refractivity contribution is 7.91. The Bertz CT molecular complexity index is 1200. The van der Waals surface area contributed by atoms with Crippen molar-refractivity contribution in [1.82, 2.24) is 4.98 Å². The third-order valence-corrected chi connectivity index (χ3v) is 8.69. The maximum Gasteiger partial charge on any atom is 0.230 e. The number of rotatable bonds is 6. The number of anilines is 1. The van der Waals surface area contributed by atoms with E-state index in [1.54, 1.807) is 31.2 Å². The van der Waals surface area contributed by atoms with Gasteiger partial charge in [0.05, 0.1) is 22.8 Å². The lowest BCUT2D eigenvalue weighted by Crippen LogP contribution is -2.14. The molecule has 8 heteroatoms. The molecule has 1 unspecified atom stereocenters. The van der Waals surface area contributed by atoms with Crippen LogP contribution in [0.1, 0.15) is 41.0 Å². The number of nitrogens with one attached hydrogen (secondary N) is 1. The van der Waals surface area contributed by atoms with Gasteiger partial charge in [-0.2, -0.15) is 0 Å². The average molecular weight is 475 g/mol. The van der Waals surface area contributed by atoms with Crippen molar-refractivity contribution in [3.63, 3.8) is 0 Å². The number of aryl methyl sites for hydroxylation is 1. The van der Waals surface area contributed by atoms with Crippen molar-refractivity contribution in [2.75, 3.05) is 11.1 Å². The Morgan fingerprint density at radius 1 is 1.19 bits per heavy atom. The van der Waals surface area contributed by atoms with Crippen LogP contribution in [0.2, 0.25) is 5.02 Å². The minimum atomic E-state index is -3.24. The van der Waals surface area contributed by atoms with Gasteiger partial charge in [-0.05, 0) is 54.5 Å². The lowest BCUT2D eigenvalue weighted by atomic mass is 9.85. The van der Waals surface area contributed by atoms with Gasteiger partial charge in [0.2, 0.25) is 5.91 Å². The fourth-order valence-electron chi connectivity index (χ4n) is 3.83. The summed E-state index contributed by atoms with van der Waals surface area (Å²) >= 11 is 7.90. The normalized spacial score (nSPS) is 16.0. The van der Waals surface area contributed by atoms with E-state index in [-0.39, 0.29) is 23.0 Å².